The minimum atomic E-state index is -2.57. The molecule has 0 rings (SSSR count). The third-order valence-electron chi connectivity index (χ3n) is 0.323. The van der Waals surface area contributed by atoms with E-state index in [1.54, 1.807) is 0 Å². The molecular formula is C2H4NO5S-. The molecule has 2 N–H and O–H groups in total. The van der Waals surface area contributed by atoms with Gasteiger partial charge in [0.05, 0.1) is 0 Å². The average Bonchev–Trinajstić information content (AvgIpc) is 1.63. The number of carboxylic acids is 1. The molecule has 9 heavy (non-hydrogen) atoms. The van der Waals surface area contributed by atoms with Crippen molar-refractivity contribution in [2.75, 3.05) is 6.61 Å². The summed E-state index contributed by atoms with van der Waals surface area (Å²) in [4.78, 5) is 14.9. The molecule has 0 spiro atoms. The fraction of sp³-hybridized carbons (Fsp3) is 0.500. The summed E-state index contributed by atoms with van der Waals surface area (Å²) >= 11 is -2.57. The molecule has 54 valence electrons. The lowest BCUT2D eigenvalue weighted by Crippen LogP contribution is -2.21. The van der Waals surface area contributed by atoms with E-state index in [2.05, 4.69) is 4.84 Å². The third-order valence-corrected chi connectivity index (χ3v) is 0.577. The van der Waals surface area contributed by atoms with Crippen molar-refractivity contribution in [2.24, 2.45) is 0 Å². The molecule has 0 radical (unpaired) electrons. The smallest absolute Gasteiger partial charge is 0.331 e. The molecule has 1 atom stereocenters. The maximum Gasteiger partial charge on any atom is 0.331 e. The monoisotopic (exact) mass is 154 g/mol. The van der Waals surface area contributed by atoms with Crippen molar-refractivity contribution in [1.29, 1.82) is 0 Å². The summed E-state index contributed by atoms with van der Waals surface area (Å²) in [5.74, 6) is -1.24. The van der Waals surface area contributed by atoms with Gasteiger partial charge < -0.3 is 9.66 Å². The zero-order chi connectivity index (χ0) is 7.28. The van der Waals surface area contributed by atoms with Crippen LogP contribution in [0.25, 0.3) is 0 Å². The molecule has 0 aromatic heterocycles. The Morgan fingerprint density at radius 2 is 2.44 bits per heavy atom. The molecule has 0 aliphatic rings. The van der Waals surface area contributed by atoms with Gasteiger partial charge in [-0.2, -0.15) is 0 Å². The quantitative estimate of drug-likeness (QED) is 0.374. The zero-order valence-corrected chi connectivity index (χ0v) is 5.01. The number of rotatable bonds is 4. The first-order valence-electron chi connectivity index (χ1n) is 1.81. The van der Waals surface area contributed by atoms with Crippen molar-refractivity contribution in [2.45, 2.75) is 0 Å². The van der Waals surface area contributed by atoms with Gasteiger partial charge in [-0.1, -0.05) is 0 Å². The Morgan fingerprint density at radius 1 is 1.89 bits per heavy atom. The molecule has 6 nitrogen and oxygen atoms in total. The summed E-state index contributed by atoms with van der Waals surface area (Å²) in [6.07, 6.45) is 0. The molecule has 0 bridgehead atoms. The summed E-state index contributed by atoms with van der Waals surface area (Å²) in [6.45, 7) is -0.687. The van der Waals surface area contributed by atoms with Crippen molar-refractivity contribution in [3.05, 3.63) is 0 Å². The highest BCUT2D eigenvalue weighted by Gasteiger charge is 1.93. The average molecular weight is 154 g/mol. The number of aliphatic carboxylic acids is 1. The van der Waals surface area contributed by atoms with E-state index in [9.17, 15) is 13.6 Å². The van der Waals surface area contributed by atoms with E-state index < -0.39 is 23.8 Å². The minimum Gasteiger partial charge on any atom is -0.758 e. The van der Waals surface area contributed by atoms with Crippen LogP contribution in [-0.2, 0) is 20.9 Å². The number of hydrogen-bond donors (Lipinski definition) is 2. The summed E-state index contributed by atoms with van der Waals surface area (Å²) in [6, 6.07) is 0. The highest BCUT2D eigenvalue weighted by molar-refractivity contribution is 7.76. The lowest BCUT2D eigenvalue weighted by atomic mass is 10.8. The van der Waals surface area contributed by atoms with E-state index >= 15 is 0 Å². The molecule has 1 unspecified atom stereocenters. The summed E-state index contributed by atoms with van der Waals surface area (Å²) < 4.78 is 19.1. The van der Waals surface area contributed by atoms with Crippen LogP contribution >= 0.6 is 0 Å². The van der Waals surface area contributed by atoms with Gasteiger partial charge in [-0.05, 0) is 0 Å². The lowest BCUT2D eigenvalue weighted by molar-refractivity contribution is -0.143. The van der Waals surface area contributed by atoms with Gasteiger partial charge in [0.15, 0.2) is 6.61 Å². The molecule has 0 amide bonds. The van der Waals surface area contributed by atoms with Crippen LogP contribution in [0.15, 0.2) is 0 Å². The van der Waals surface area contributed by atoms with E-state index in [0.29, 0.717) is 0 Å². The van der Waals surface area contributed by atoms with Gasteiger partial charge in [0, 0.05) is 11.3 Å². The van der Waals surface area contributed by atoms with E-state index in [0.717, 1.165) is 0 Å². The summed E-state index contributed by atoms with van der Waals surface area (Å²) in [7, 11) is 0. The number of carboxylic acid groups (broad SMARTS) is 1. The van der Waals surface area contributed by atoms with Gasteiger partial charge in [-0.15, -0.1) is 4.89 Å². The topological polar surface area (TPSA) is 98.7 Å². The SMILES string of the molecule is O=C(O)CONS(=O)[O-]. The fourth-order valence-corrected chi connectivity index (χ4v) is 0.294. The highest BCUT2D eigenvalue weighted by Crippen LogP contribution is 1.68. The molecule has 0 saturated heterocycles. The minimum absolute atomic E-state index is 0.687. The second-order valence-electron chi connectivity index (χ2n) is 1.00. The van der Waals surface area contributed by atoms with E-state index in [1.807, 2.05) is 0 Å². The van der Waals surface area contributed by atoms with Crippen LogP contribution < -0.4 is 4.89 Å². The van der Waals surface area contributed by atoms with Crippen molar-refractivity contribution < 1.29 is 23.5 Å². The van der Waals surface area contributed by atoms with Gasteiger partial charge in [0.2, 0.25) is 0 Å². The maximum absolute atomic E-state index is 9.61. The summed E-state index contributed by atoms with van der Waals surface area (Å²) in [5.41, 5.74) is 0. The second-order valence-corrected chi connectivity index (χ2v) is 1.64. The van der Waals surface area contributed by atoms with Crippen LogP contribution in [0.2, 0.25) is 0 Å². The molecule has 0 aromatic rings. The van der Waals surface area contributed by atoms with Crippen molar-refractivity contribution in [3.8, 4) is 0 Å². The van der Waals surface area contributed by atoms with Crippen LogP contribution in [0.3, 0.4) is 0 Å². The number of nitrogens with one attached hydrogen (secondary N) is 1. The predicted molar refractivity (Wildman–Crippen MR) is 25.6 cm³/mol. The Hall–Kier alpha value is -0.500. The van der Waals surface area contributed by atoms with Crippen LogP contribution in [0, 0.1) is 0 Å². The zero-order valence-electron chi connectivity index (χ0n) is 4.20. The molecule has 0 aliphatic heterocycles. The molecule has 0 heterocycles. The first kappa shape index (κ1) is 8.50. The normalized spacial score (nSPS) is 13.0. The fourth-order valence-electron chi connectivity index (χ4n) is 0.139. The predicted octanol–water partition coefficient (Wildman–Crippen LogP) is -1.61. The number of carbonyl (C=O) groups is 1. The maximum atomic E-state index is 9.61. The van der Waals surface area contributed by atoms with Crippen LogP contribution in [0.4, 0.5) is 0 Å². The van der Waals surface area contributed by atoms with Crippen molar-refractivity contribution in [1.82, 2.24) is 4.89 Å². The third kappa shape index (κ3) is 7.50. The van der Waals surface area contributed by atoms with Gasteiger partial charge in [0.25, 0.3) is 0 Å². The number of hydrogen-bond acceptors (Lipinski definition) is 4. The first-order chi connectivity index (χ1) is 4.13. The van der Waals surface area contributed by atoms with E-state index in [1.165, 1.54) is 4.89 Å². The van der Waals surface area contributed by atoms with Crippen molar-refractivity contribution >= 4 is 17.2 Å². The Bertz CT molecular complexity index is 110. The second kappa shape index (κ2) is 4.39. The Kier molecular flexibility index (Phi) is 4.14. The van der Waals surface area contributed by atoms with E-state index in [4.69, 9.17) is 5.11 Å². The summed E-state index contributed by atoms with van der Waals surface area (Å²) in [5, 5.41) is 7.86. The van der Waals surface area contributed by atoms with Crippen LogP contribution in [0.5, 0.6) is 0 Å². The van der Waals surface area contributed by atoms with Crippen molar-refractivity contribution in [3.63, 3.8) is 0 Å². The van der Waals surface area contributed by atoms with Gasteiger partial charge >= 0.3 is 5.97 Å². The molecule has 0 aliphatic carbocycles. The Balaban J connectivity index is 3.10. The lowest BCUT2D eigenvalue weighted by Gasteiger charge is -2.03. The first-order valence-corrected chi connectivity index (χ1v) is 2.89. The molecule has 0 fully saturated rings. The molecule has 0 aromatic carbocycles. The molecular weight excluding hydrogens is 150 g/mol. The van der Waals surface area contributed by atoms with Gasteiger partial charge in [0.1, 0.15) is 0 Å². The van der Waals surface area contributed by atoms with Gasteiger partial charge in [-0.3, -0.25) is 9.05 Å². The molecule has 0 saturated carbocycles. The Morgan fingerprint density at radius 3 is 2.78 bits per heavy atom. The van der Waals surface area contributed by atoms with Crippen LogP contribution in [0.1, 0.15) is 0 Å². The Labute approximate surface area is 53.2 Å². The van der Waals surface area contributed by atoms with Crippen LogP contribution in [-0.4, -0.2) is 26.4 Å². The molecule has 7 heteroatoms. The largest absolute Gasteiger partial charge is 0.758 e. The highest BCUT2D eigenvalue weighted by atomic mass is 32.2. The van der Waals surface area contributed by atoms with Gasteiger partial charge in [-0.25, -0.2) is 4.79 Å². The standard InChI is InChI=1S/C2H5NO5S/c4-2(5)1-8-3-9(6)7/h3H,1H2,(H,4,5)(H,6,7)/p-1. The van der Waals surface area contributed by atoms with E-state index in [-0.39, 0.29) is 0 Å².